The molecule has 0 aromatic carbocycles. The van der Waals surface area contributed by atoms with Crippen LogP contribution in [0.3, 0.4) is 0 Å². The summed E-state index contributed by atoms with van der Waals surface area (Å²) < 4.78 is 4.51. The number of fused-ring (bicyclic) bond motifs is 1. The molecule has 0 saturated carbocycles. The van der Waals surface area contributed by atoms with Crippen LogP contribution in [-0.2, 0) is 19.1 Å². The van der Waals surface area contributed by atoms with Gasteiger partial charge in [0.15, 0.2) is 0 Å². The third kappa shape index (κ3) is 4.93. The number of unbranched alkanes of at least 4 members (excludes halogenated alkanes) is 2. The topological polar surface area (TPSA) is 87.1 Å². The van der Waals surface area contributed by atoms with Crippen molar-refractivity contribution in [2.75, 3.05) is 26.3 Å². The predicted molar refractivity (Wildman–Crippen MR) is 139 cm³/mol. The Morgan fingerprint density at radius 2 is 1.94 bits per heavy atom. The fraction of sp³-hybridized carbons (Fsp3) is 0.741. The number of nitrogens with zero attached hydrogens (tertiary/aromatic N) is 2. The van der Waals surface area contributed by atoms with Crippen molar-refractivity contribution in [3.63, 3.8) is 0 Å². The first-order chi connectivity index (χ1) is 16.5. The van der Waals surface area contributed by atoms with Gasteiger partial charge in [-0.1, -0.05) is 12.2 Å². The Morgan fingerprint density at radius 3 is 2.54 bits per heavy atom. The average molecular weight is 507 g/mol. The molecule has 0 aromatic rings. The number of thioether (sulfide) groups is 1. The van der Waals surface area contributed by atoms with Crippen LogP contribution in [0.2, 0.25) is 0 Å². The van der Waals surface area contributed by atoms with Gasteiger partial charge in [0.25, 0.3) is 0 Å². The Morgan fingerprint density at radius 1 is 1.23 bits per heavy atom. The maximum atomic E-state index is 14.2. The molecule has 196 valence electrons. The van der Waals surface area contributed by atoms with E-state index in [1.165, 1.54) is 0 Å². The molecule has 2 unspecified atom stereocenters. The van der Waals surface area contributed by atoms with E-state index >= 15 is 0 Å². The van der Waals surface area contributed by atoms with Gasteiger partial charge in [0.05, 0.1) is 23.2 Å². The van der Waals surface area contributed by atoms with Crippen LogP contribution in [0, 0.1) is 11.8 Å². The van der Waals surface area contributed by atoms with Crippen LogP contribution in [-0.4, -0.2) is 80.1 Å². The number of aliphatic hydroxyl groups excluding tert-OH is 1. The van der Waals surface area contributed by atoms with Crippen molar-refractivity contribution >= 4 is 29.5 Å². The monoisotopic (exact) mass is 506 g/mol. The zero-order valence-electron chi connectivity index (χ0n) is 21.8. The summed E-state index contributed by atoms with van der Waals surface area (Å²) >= 11 is 1.66. The van der Waals surface area contributed by atoms with E-state index in [4.69, 9.17) is 4.74 Å². The van der Waals surface area contributed by atoms with Crippen LogP contribution in [0.4, 0.5) is 0 Å². The average Bonchev–Trinajstić information content (AvgIpc) is 3.35. The lowest BCUT2D eigenvalue weighted by Gasteiger charge is -2.42. The number of hydrogen-bond acceptors (Lipinski definition) is 6. The Balaban J connectivity index is 2.01. The summed E-state index contributed by atoms with van der Waals surface area (Å²) in [6.45, 7) is 16.7. The minimum absolute atomic E-state index is 0.0761. The fourth-order valence-electron chi connectivity index (χ4n) is 6.18. The number of ether oxygens (including phenoxy) is 1. The number of hydrogen-bond donors (Lipinski definition) is 1. The quantitative estimate of drug-likeness (QED) is 0.247. The highest BCUT2D eigenvalue weighted by molar-refractivity contribution is 8.02. The summed E-state index contributed by atoms with van der Waals surface area (Å²) in [4.78, 5) is 45.1. The molecule has 1 spiro atoms. The smallest absolute Gasteiger partial charge is 0.311 e. The zero-order valence-corrected chi connectivity index (χ0v) is 22.6. The van der Waals surface area contributed by atoms with Crippen LogP contribution < -0.4 is 0 Å². The lowest BCUT2D eigenvalue weighted by Crippen LogP contribution is -2.58. The van der Waals surface area contributed by atoms with Gasteiger partial charge in [0, 0.05) is 30.0 Å². The summed E-state index contributed by atoms with van der Waals surface area (Å²) in [5, 5.41) is 9.19. The van der Waals surface area contributed by atoms with Crippen molar-refractivity contribution in [2.24, 2.45) is 11.8 Å². The normalized spacial score (nSPS) is 31.4. The van der Waals surface area contributed by atoms with Crippen LogP contribution in [0.15, 0.2) is 25.3 Å². The van der Waals surface area contributed by atoms with Gasteiger partial charge in [-0.3, -0.25) is 14.4 Å². The molecule has 5 atom stereocenters. The van der Waals surface area contributed by atoms with Gasteiger partial charge in [-0.05, 0) is 66.2 Å². The van der Waals surface area contributed by atoms with Crippen LogP contribution in [0.25, 0.3) is 0 Å². The van der Waals surface area contributed by atoms with E-state index in [9.17, 15) is 19.5 Å². The zero-order chi connectivity index (χ0) is 26.0. The second kappa shape index (κ2) is 10.7. The van der Waals surface area contributed by atoms with Crippen molar-refractivity contribution in [1.82, 2.24) is 9.80 Å². The molecule has 8 heteroatoms. The predicted octanol–water partition coefficient (Wildman–Crippen LogP) is 3.56. The summed E-state index contributed by atoms with van der Waals surface area (Å²) in [6, 6.07) is -0.633. The van der Waals surface area contributed by atoms with Crippen LogP contribution in [0.1, 0.15) is 66.2 Å². The van der Waals surface area contributed by atoms with Gasteiger partial charge < -0.3 is 19.6 Å². The minimum Gasteiger partial charge on any atom is -0.465 e. The molecule has 3 heterocycles. The highest BCUT2D eigenvalue weighted by atomic mass is 32.2. The lowest BCUT2D eigenvalue weighted by molar-refractivity contribution is -0.155. The summed E-state index contributed by atoms with van der Waals surface area (Å²) in [6.07, 6.45) is 7.60. The largest absolute Gasteiger partial charge is 0.465 e. The summed E-state index contributed by atoms with van der Waals surface area (Å²) in [5.41, 5.74) is -0.445. The van der Waals surface area contributed by atoms with Crippen molar-refractivity contribution in [1.29, 1.82) is 0 Å². The van der Waals surface area contributed by atoms with Gasteiger partial charge >= 0.3 is 5.97 Å². The maximum absolute atomic E-state index is 14.2. The Labute approximate surface area is 214 Å². The van der Waals surface area contributed by atoms with E-state index < -0.39 is 32.9 Å². The van der Waals surface area contributed by atoms with Crippen molar-refractivity contribution in [3.8, 4) is 0 Å². The molecular weight excluding hydrogens is 464 g/mol. The van der Waals surface area contributed by atoms with Crippen LogP contribution >= 0.6 is 11.8 Å². The molecule has 3 aliphatic rings. The lowest BCUT2D eigenvalue weighted by atomic mass is 9.66. The molecule has 3 aliphatic heterocycles. The Hall–Kier alpha value is -1.80. The molecule has 3 rings (SSSR count). The van der Waals surface area contributed by atoms with Gasteiger partial charge in [0.2, 0.25) is 11.8 Å². The second-order valence-corrected chi connectivity index (χ2v) is 13.1. The first kappa shape index (κ1) is 27.8. The fourth-order valence-corrected chi connectivity index (χ4v) is 8.52. The molecule has 3 saturated heterocycles. The number of carbonyl (C=O) groups excluding carboxylic acids is 3. The van der Waals surface area contributed by atoms with E-state index in [2.05, 4.69) is 20.1 Å². The molecule has 3 fully saturated rings. The third-order valence-corrected chi connectivity index (χ3v) is 9.76. The van der Waals surface area contributed by atoms with E-state index in [-0.39, 0.29) is 31.0 Å². The number of esters is 1. The van der Waals surface area contributed by atoms with Crippen molar-refractivity contribution in [2.45, 2.75) is 87.3 Å². The molecule has 35 heavy (non-hydrogen) atoms. The molecule has 2 bridgehead atoms. The molecule has 1 N–H and O–H groups in total. The maximum Gasteiger partial charge on any atom is 0.311 e. The van der Waals surface area contributed by atoms with Crippen molar-refractivity contribution < 1.29 is 24.2 Å². The third-order valence-electron chi connectivity index (χ3n) is 7.78. The molecule has 0 aliphatic carbocycles. The molecular formula is C27H42N2O5S. The molecule has 7 nitrogen and oxygen atoms in total. The van der Waals surface area contributed by atoms with Crippen molar-refractivity contribution in [3.05, 3.63) is 25.3 Å². The summed E-state index contributed by atoms with van der Waals surface area (Å²) in [7, 11) is 0. The number of amides is 2. The van der Waals surface area contributed by atoms with Crippen LogP contribution in [0.5, 0.6) is 0 Å². The number of aliphatic hydroxyl groups is 1. The molecule has 0 radical (unpaired) electrons. The van der Waals surface area contributed by atoms with Gasteiger partial charge in [-0.25, -0.2) is 0 Å². The Kier molecular flexibility index (Phi) is 8.47. The van der Waals surface area contributed by atoms with E-state index in [1.807, 2.05) is 25.7 Å². The summed E-state index contributed by atoms with van der Waals surface area (Å²) in [5.74, 6) is -1.67. The number of likely N-dealkylation sites (tertiary alicyclic amines) is 1. The molecule has 2 amide bonds. The highest BCUT2D eigenvalue weighted by Crippen LogP contribution is 2.71. The highest BCUT2D eigenvalue weighted by Gasteiger charge is 2.77. The Bertz CT molecular complexity index is 855. The first-order valence-electron chi connectivity index (χ1n) is 12.8. The van der Waals surface area contributed by atoms with E-state index in [1.54, 1.807) is 28.8 Å². The van der Waals surface area contributed by atoms with E-state index in [0.717, 1.165) is 19.3 Å². The minimum atomic E-state index is -0.646. The van der Waals surface area contributed by atoms with Gasteiger partial charge in [-0.15, -0.1) is 24.9 Å². The SMILES string of the molecule is C=CCCOC(=O)[C@H]1[C@H]2C(=O)N(CCCCCO)C(C(=O)N(CC=C)C(C)(C)C)C23CC[C@]1(C)S3. The van der Waals surface area contributed by atoms with E-state index in [0.29, 0.717) is 32.4 Å². The molecule has 0 aromatic heterocycles. The first-order valence-corrected chi connectivity index (χ1v) is 13.6. The second-order valence-electron chi connectivity index (χ2n) is 11.2. The standard InChI is InChI=1S/C27H42N2O5S/c1-7-9-18-34-24(33)20-19-22(31)28(16-11-10-12-17-30)21(27(19)14-13-26(20,6)35-27)23(32)29(15-8-2)25(3,4)5/h7-8,19-21,30H,1-2,9-18H2,3-6H3/t19-,20+,21?,26-,27?/m0/s1. The number of rotatable bonds is 12. The van der Waals surface area contributed by atoms with Gasteiger partial charge in [-0.2, -0.15) is 0 Å². The van der Waals surface area contributed by atoms with Gasteiger partial charge in [0.1, 0.15) is 6.04 Å². The number of carbonyl (C=O) groups is 3.